The summed E-state index contributed by atoms with van der Waals surface area (Å²) in [7, 11) is 0. The Morgan fingerprint density at radius 3 is 0.882 bits per heavy atom. The predicted octanol–water partition coefficient (Wildman–Crippen LogP) is 5.45. The first kappa shape index (κ1) is 31.2. The molecule has 0 aliphatic heterocycles. The molecular formula is C15H30Y2-2. The third kappa shape index (κ3) is 46.4. The molecule has 0 aromatic heterocycles. The van der Waals surface area contributed by atoms with Gasteiger partial charge in [0.15, 0.2) is 0 Å². The number of hydrogen-bond acceptors (Lipinski definition) is 0. The van der Waals surface area contributed by atoms with Crippen LogP contribution in [0.25, 0.3) is 0 Å². The van der Waals surface area contributed by atoms with E-state index in [-0.39, 0.29) is 72.8 Å². The van der Waals surface area contributed by atoms with Crippen molar-refractivity contribution in [2.45, 2.75) is 61.8 Å². The van der Waals surface area contributed by atoms with Crippen molar-refractivity contribution in [1.29, 1.82) is 0 Å². The van der Waals surface area contributed by atoms with Crippen molar-refractivity contribution < 1.29 is 65.4 Å². The van der Waals surface area contributed by atoms with E-state index >= 15 is 0 Å². The summed E-state index contributed by atoms with van der Waals surface area (Å²) in [5.74, 6) is 0. The van der Waals surface area contributed by atoms with Gasteiger partial charge in [-0.1, -0.05) is 61.8 Å². The van der Waals surface area contributed by atoms with Crippen LogP contribution in [0.4, 0.5) is 0 Å². The number of allylic oxidation sites excluding steroid dienone is 2. The molecule has 0 aliphatic rings. The van der Waals surface area contributed by atoms with Gasteiger partial charge in [-0.3, -0.25) is 12.2 Å². The average Bonchev–Trinajstić information content (AvgIpc) is 1.81. The molecule has 17 heavy (non-hydrogen) atoms. The zero-order chi connectivity index (χ0) is 11.8. The Labute approximate surface area is 161 Å². The van der Waals surface area contributed by atoms with Gasteiger partial charge in [0.05, 0.1) is 0 Å². The van der Waals surface area contributed by atoms with Crippen LogP contribution in [-0.2, 0) is 65.4 Å². The molecule has 0 saturated carbocycles. The zero-order valence-electron chi connectivity index (χ0n) is 11.9. The second kappa shape index (κ2) is 15.7. The molecule has 0 amide bonds. The zero-order valence-corrected chi connectivity index (χ0v) is 17.6. The monoisotopic (exact) mass is 388 g/mol. The Morgan fingerprint density at radius 2 is 0.882 bits per heavy atom. The normalized spacial score (nSPS) is 9.29. The van der Waals surface area contributed by atoms with Crippen LogP contribution in [0.3, 0.4) is 0 Å². The SMILES string of the molecule is C.[CH-]=CCC(C)(C)C.[CH-]=CCC(C)(C)C.[Y].[Y]. The second-order valence-electron chi connectivity index (χ2n) is 6.00. The molecular weight excluding hydrogens is 358 g/mol. The van der Waals surface area contributed by atoms with Crippen LogP contribution >= 0.6 is 0 Å². The van der Waals surface area contributed by atoms with Gasteiger partial charge < -0.3 is 13.2 Å². The first-order valence-corrected chi connectivity index (χ1v) is 5.19. The van der Waals surface area contributed by atoms with Gasteiger partial charge in [0, 0.05) is 65.4 Å². The van der Waals surface area contributed by atoms with Crippen LogP contribution in [0, 0.1) is 24.0 Å². The van der Waals surface area contributed by atoms with Crippen molar-refractivity contribution in [3.8, 4) is 0 Å². The molecule has 98 valence electrons. The molecule has 2 heteroatoms. The third-order valence-corrected chi connectivity index (χ3v) is 1.46. The van der Waals surface area contributed by atoms with Gasteiger partial charge in [-0.15, -0.1) is 0 Å². The maximum atomic E-state index is 5.19. The largest absolute Gasteiger partial charge is 0.518 e. The molecule has 0 aromatic carbocycles. The first-order chi connectivity index (χ1) is 6.12. The summed E-state index contributed by atoms with van der Waals surface area (Å²) in [6.45, 7) is 23.4. The van der Waals surface area contributed by atoms with E-state index in [1.165, 1.54) is 0 Å². The van der Waals surface area contributed by atoms with Crippen LogP contribution in [0.2, 0.25) is 0 Å². The molecule has 0 unspecified atom stereocenters. The Balaban J connectivity index is -0.0000000480. The molecule has 0 saturated heterocycles. The van der Waals surface area contributed by atoms with Crippen LogP contribution in [-0.4, -0.2) is 0 Å². The fourth-order valence-corrected chi connectivity index (χ4v) is 0.707. The molecule has 0 atom stereocenters. The van der Waals surface area contributed by atoms with Crippen molar-refractivity contribution in [2.24, 2.45) is 10.8 Å². The van der Waals surface area contributed by atoms with E-state index in [0.717, 1.165) is 12.8 Å². The van der Waals surface area contributed by atoms with Gasteiger partial charge in [-0.25, -0.2) is 0 Å². The fraction of sp³-hybridized carbons (Fsp3) is 0.733. The molecule has 0 aromatic rings. The van der Waals surface area contributed by atoms with E-state index in [0.29, 0.717) is 10.8 Å². The second-order valence-corrected chi connectivity index (χ2v) is 6.00. The van der Waals surface area contributed by atoms with Crippen molar-refractivity contribution in [3.63, 3.8) is 0 Å². The van der Waals surface area contributed by atoms with E-state index in [1.54, 1.807) is 12.2 Å². The van der Waals surface area contributed by atoms with Gasteiger partial charge in [-0.05, 0) is 10.8 Å². The summed E-state index contributed by atoms with van der Waals surface area (Å²) >= 11 is 0. The van der Waals surface area contributed by atoms with Crippen LogP contribution < -0.4 is 0 Å². The Kier molecular flexibility index (Phi) is 28.9. The van der Waals surface area contributed by atoms with Crippen LogP contribution in [0.1, 0.15) is 61.8 Å². The molecule has 2 radical (unpaired) electrons. The molecule has 0 rings (SSSR count). The van der Waals surface area contributed by atoms with E-state index in [4.69, 9.17) is 13.2 Å². The fourth-order valence-electron chi connectivity index (χ4n) is 0.707. The minimum atomic E-state index is 0. The van der Waals surface area contributed by atoms with Gasteiger partial charge in [0.25, 0.3) is 0 Å². The summed E-state index contributed by atoms with van der Waals surface area (Å²) in [6, 6.07) is 0. The quantitative estimate of drug-likeness (QED) is 0.552. The summed E-state index contributed by atoms with van der Waals surface area (Å²) < 4.78 is 0. The van der Waals surface area contributed by atoms with Crippen LogP contribution in [0.5, 0.6) is 0 Å². The van der Waals surface area contributed by atoms with Gasteiger partial charge in [0.1, 0.15) is 0 Å². The van der Waals surface area contributed by atoms with E-state index in [9.17, 15) is 0 Å². The third-order valence-electron chi connectivity index (χ3n) is 1.46. The molecule has 0 bridgehead atoms. The summed E-state index contributed by atoms with van der Waals surface area (Å²) in [5.41, 5.74) is 0.740. The Morgan fingerprint density at radius 1 is 0.706 bits per heavy atom. The standard InChI is InChI=1S/2C7H13.CH4.2Y/c2*1-5-6-7(2,3)4;;;/h2*1,5H,6H2,2-4H3;1H4;;/q2*-1;;;. The Hall–Kier alpha value is 1.69. The maximum Gasteiger partial charge on any atom is 0 e. The number of rotatable bonds is 2. The topological polar surface area (TPSA) is 0 Å². The summed E-state index contributed by atoms with van der Waals surface area (Å²) in [4.78, 5) is 0. The van der Waals surface area contributed by atoms with E-state index < -0.39 is 0 Å². The molecule has 0 nitrogen and oxygen atoms in total. The molecule has 0 heterocycles. The van der Waals surface area contributed by atoms with Crippen molar-refractivity contribution >= 4 is 0 Å². The maximum absolute atomic E-state index is 5.19. The Bertz CT molecular complexity index is 139. The van der Waals surface area contributed by atoms with E-state index in [2.05, 4.69) is 41.5 Å². The van der Waals surface area contributed by atoms with Gasteiger partial charge >= 0.3 is 0 Å². The predicted molar refractivity (Wildman–Crippen MR) is 72.6 cm³/mol. The summed E-state index contributed by atoms with van der Waals surface area (Å²) in [6.07, 6.45) is 5.40. The summed E-state index contributed by atoms with van der Waals surface area (Å²) in [5, 5.41) is 0. The molecule has 0 N–H and O–H groups in total. The van der Waals surface area contributed by atoms with Gasteiger partial charge in [-0.2, -0.15) is 0 Å². The van der Waals surface area contributed by atoms with Crippen molar-refractivity contribution in [3.05, 3.63) is 25.3 Å². The minimum Gasteiger partial charge on any atom is -0.518 e. The van der Waals surface area contributed by atoms with Crippen molar-refractivity contribution in [1.82, 2.24) is 0 Å². The minimum absolute atomic E-state index is 0. The average molecular weight is 388 g/mol. The molecule has 0 spiro atoms. The van der Waals surface area contributed by atoms with Crippen LogP contribution in [0.15, 0.2) is 12.2 Å². The number of hydrogen-bond donors (Lipinski definition) is 0. The van der Waals surface area contributed by atoms with Crippen molar-refractivity contribution in [2.75, 3.05) is 0 Å². The molecule has 0 fully saturated rings. The van der Waals surface area contributed by atoms with Gasteiger partial charge in [0.2, 0.25) is 0 Å². The smallest absolute Gasteiger partial charge is 0 e. The van der Waals surface area contributed by atoms with E-state index in [1.807, 2.05) is 0 Å². The first-order valence-electron chi connectivity index (χ1n) is 5.19. The molecule has 0 aliphatic carbocycles.